The molecule has 0 aliphatic carbocycles. The van der Waals surface area contributed by atoms with Gasteiger partial charge in [-0.05, 0) is 96.5 Å². The van der Waals surface area contributed by atoms with Crippen molar-refractivity contribution in [2.45, 2.75) is 82.0 Å². The summed E-state index contributed by atoms with van der Waals surface area (Å²) in [6.07, 6.45) is 4.44. The van der Waals surface area contributed by atoms with Crippen LogP contribution in [0.5, 0.6) is 5.75 Å². The number of nitrogens with one attached hydrogen (secondary N) is 1. The zero-order valence-electron chi connectivity index (χ0n) is 28.1. The van der Waals surface area contributed by atoms with Gasteiger partial charge in [0.15, 0.2) is 6.10 Å². The molecule has 2 aromatic rings. The average Bonchev–Trinajstić information content (AvgIpc) is 3.24. The van der Waals surface area contributed by atoms with Crippen LogP contribution in [-0.2, 0) is 22.4 Å². The van der Waals surface area contributed by atoms with E-state index in [1.807, 2.05) is 40.1 Å². The van der Waals surface area contributed by atoms with Gasteiger partial charge in [0.1, 0.15) is 13.6 Å². The number of nitrogens with two attached hydrogens (primary N) is 1. The van der Waals surface area contributed by atoms with Crippen LogP contribution in [0.1, 0.15) is 56.6 Å². The Morgan fingerprint density at radius 3 is 2.35 bits per heavy atom. The minimum atomic E-state index is -0.995. The van der Waals surface area contributed by atoms with Crippen LogP contribution in [0.25, 0.3) is 0 Å². The molecule has 4 heterocycles. The summed E-state index contributed by atoms with van der Waals surface area (Å²) < 4.78 is 6.59. The van der Waals surface area contributed by atoms with Gasteiger partial charge in [0.25, 0.3) is 5.91 Å². The van der Waals surface area contributed by atoms with Crippen LogP contribution < -0.4 is 16.5 Å². The Kier molecular flexibility index (Phi) is 10.6. The van der Waals surface area contributed by atoms with E-state index in [4.69, 9.17) is 10.5 Å². The molecule has 4 N–H and O–H groups in total. The lowest BCUT2D eigenvalue weighted by molar-refractivity contribution is -0.142. The summed E-state index contributed by atoms with van der Waals surface area (Å²) in [6, 6.07) is 11.8. The van der Waals surface area contributed by atoms with Crippen LogP contribution in [0.4, 0.5) is 15.3 Å². The Bertz CT molecular complexity index is 1480. The van der Waals surface area contributed by atoms with E-state index in [-0.39, 0.29) is 35.7 Å². The van der Waals surface area contributed by atoms with Crippen LogP contribution in [0.2, 0.25) is 0 Å². The first kappa shape index (κ1) is 34.6. The predicted octanol–water partition coefficient (Wildman–Crippen LogP) is 2.82. The van der Waals surface area contributed by atoms with Gasteiger partial charge in [-0.1, -0.05) is 24.3 Å². The molecule has 3 saturated heterocycles. The summed E-state index contributed by atoms with van der Waals surface area (Å²) in [4.78, 5) is 48.6. The molecule has 4 aliphatic heterocycles. The van der Waals surface area contributed by atoms with E-state index in [1.54, 1.807) is 18.8 Å². The standard InChI is InChI=1S/C35H48BBrN6O5/c1-35(38)11-18-40(19-12-35)25-7-13-41(14-8-25)32(45)30(22-23-20-27(36)31(44)28(37)21-23)48-34(47)42-15-9-26(10-16-42)43-17-6-24-4-2-3-5-29(24)39-33(43)46/h2-5,20-21,25-26,30,44H,6-19,22,36,38H2,1H3,(H,39,46)/t30-/m1/s1. The van der Waals surface area contributed by atoms with E-state index >= 15 is 0 Å². The van der Waals surface area contributed by atoms with E-state index in [9.17, 15) is 19.5 Å². The van der Waals surface area contributed by atoms with Crippen molar-refractivity contribution in [2.24, 2.45) is 5.73 Å². The number of anilines is 1. The Morgan fingerprint density at radius 1 is 1.02 bits per heavy atom. The highest BCUT2D eigenvalue weighted by atomic mass is 79.9. The van der Waals surface area contributed by atoms with E-state index in [2.05, 4.69) is 33.1 Å². The number of hydrogen-bond donors (Lipinski definition) is 3. The minimum absolute atomic E-state index is 0.0120. The first-order valence-electron chi connectivity index (χ1n) is 17.4. The fourth-order valence-electron chi connectivity index (χ4n) is 7.67. The molecule has 0 unspecified atom stereocenters. The Morgan fingerprint density at radius 2 is 1.67 bits per heavy atom. The highest BCUT2D eigenvalue weighted by Gasteiger charge is 2.37. The first-order valence-corrected chi connectivity index (χ1v) is 18.2. The number of aromatic hydroxyl groups is 1. The van der Waals surface area contributed by atoms with Crippen molar-refractivity contribution in [3.05, 3.63) is 52.0 Å². The number of carbonyl (C=O) groups excluding carboxylic acids is 3. The SMILES string of the molecule is Bc1cc(C[C@@H](OC(=O)N2CCC(N3CCc4ccccc4NC3=O)CC2)C(=O)N2CCC(N3CCC(C)(N)CC3)CC2)cc(Br)c1O. The number of rotatable bonds is 6. The monoisotopic (exact) mass is 722 g/mol. The number of amides is 4. The van der Waals surface area contributed by atoms with Crippen molar-refractivity contribution in [1.82, 2.24) is 19.6 Å². The van der Waals surface area contributed by atoms with E-state index in [0.29, 0.717) is 61.5 Å². The second-order valence-electron chi connectivity index (χ2n) is 14.3. The summed E-state index contributed by atoms with van der Waals surface area (Å²) in [7, 11) is 1.80. The van der Waals surface area contributed by atoms with Crippen molar-refractivity contribution in [1.29, 1.82) is 0 Å². The fraction of sp³-hybridized carbons (Fsp3) is 0.571. The number of fused-ring (bicyclic) bond motifs is 1. The summed E-state index contributed by atoms with van der Waals surface area (Å²) in [5, 5.41) is 13.3. The number of halogens is 1. The van der Waals surface area contributed by atoms with Crippen LogP contribution in [-0.4, -0.2) is 120 Å². The number of phenols is 1. The van der Waals surface area contributed by atoms with Gasteiger partial charge in [-0.25, -0.2) is 9.59 Å². The van der Waals surface area contributed by atoms with Crippen molar-refractivity contribution in [3.8, 4) is 5.75 Å². The van der Waals surface area contributed by atoms with Crippen molar-refractivity contribution < 1.29 is 24.2 Å². The van der Waals surface area contributed by atoms with Gasteiger partial charge in [0.05, 0.1) is 4.47 Å². The molecule has 0 aromatic heterocycles. The molecule has 11 nitrogen and oxygen atoms in total. The third-order valence-electron chi connectivity index (χ3n) is 10.8. The highest BCUT2D eigenvalue weighted by molar-refractivity contribution is 9.10. The van der Waals surface area contributed by atoms with Crippen LogP contribution in [0, 0.1) is 0 Å². The minimum Gasteiger partial charge on any atom is -0.507 e. The molecule has 4 aliphatic rings. The number of urea groups is 1. The number of benzene rings is 2. The van der Waals surface area contributed by atoms with Gasteiger partial charge in [0, 0.05) is 75.5 Å². The number of carbonyl (C=O) groups is 3. The average molecular weight is 724 g/mol. The Labute approximate surface area is 292 Å². The molecule has 0 radical (unpaired) electrons. The molecule has 258 valence electrons. The topological polar surface area (TPSA) is 132 Å². The normalized spacial score (nSPS) is 21.6. The van der Waals surface area contributed by atoms with Crippen molar-refractivity contribution in [2.75, 3.05) is 51.1 Å². The molecule has 0 bridgehead atoms. The second kappa shape index (κ2) is 14.7. The van der Waals surface area contributed by atoms with E-state index in [0.717, 1.165) is 62.0 Å². The Balaban J connectivity index is 1.08. The summed E-state index contributed by atoms with van der Waals surface area (Å²) in [5.74, 6) is -0.0364. The van der Waals surface area contributed by atoms with Gasteiger partial charge in [-0.15, -0.1) is 0 Å². The second-order valence-corrected chi connectivity index (χ2v) is 15.2. The maximum absolute atomic E-state index is 14.0. The molecule has 13 heteroatoms. The van der Waals surface area contributed by atoms with Crippen LogP contribution in [0.15, 0.2) is 40.9 Å². The van der Waals surface area contributed by atoms with Gasteiger partial charge in [-0.2, -0.15) is 0 Å². The molecule has 0 saturated carbocycles. The maximum atomic E-state index is 14.0. The van der Waals surface area contributed by atoms with Gasteiger partial charge in [0.2, 0.25) is 0 Å². The molecule has 48 heavy (non-hydrogen) atoms. The molecular formula is C35H48BBrN6O5. The number of piperidine rings is 3. The number of ether oxygens (including phenoxy) is 1. The highest BCUT2D eigenvalue weighted by Crippen LogP contribution is 2.28. The molecule has 6 rings (SSSR count). The molecular weight excluding hydrogens is 675 g/mol. The molecule has 3 fully saturated rings. The van der Waals surface area contributed by atoms with Crippen LogP contribution >= 0.6 is 15.9 Å². The lowest BCUT2D eigenvalue weighted by atomic mass is 9.89. The molecule has 4 amide bonds. The number of nitrogens with zero attached hydrogens (tertiary/aromatic N) is 4. The number of phenolic OH excluding ortho intramolecular Hbond substituents is 1. The number of para-hydroxylation sites is 1. The number of hydrogen-bond acceptors (Lipinski definition) is 7. The van der Waals surface area contributed by atoms with Crippen molar-refractivity contribution >= 4 is 53.0 Å². The summed E-state index contributed by atoms with van der Waals surface area (Å²) in [5.41, 5.74) is 9.70. The van der Waals surface area contributed by atoms with E-state index < -0.39 is 12.2 Å². The summed E-state index contributed by atoms with van der Waals surface area (Å²) >= 11 is 3.41. The van der Waals surface area contributed by atoms with E-state index in [1.165, 1.54) is 0 Å². The largest absolute Gasteiger partial charge is 0.507 e. The van der Waals surface area contributed by atoms with Gasteiger partial charge >= 0.3 is 12.1 Å². The summed E-state index contributed by atoms with van der Waals surface area (Å²) in [6.45, 7) is 6.80. The lowest BCUT2D eigenvalue weighted by Crippen LogP contribution is -2.55. The molecule has 1 atom stereocenters. The quantitative estimate of drug-likeness (QED) is 0.391. The third-order valence-corrected chi connectivity index (χ3v) is 11.4. The Hall–Kier alpha value is -3.29. The number of likely N-dealkylation sites (tertiary alicyclic amines) is 3. The molecule has 2 aromatic carbocycles. The van der Waals surface area contributed by atoms with Crippen LogP contribution in [0.3, 0.4) is 0 Å². The predicted molar refractivity (Wildman–Crippen MR) is 191 cm³/mol. The van der Waals surface area contributed by atoms with Crippen molar-refractivity contribution in [3.63, 3.8) is 0 Å². The lowest BCUT2D eigenvalue weighted by Gasteiger charge is -2.44. The van der Waals surface area contributed by atoms with Gasteiger partial charge in [-0.3, -0.25) is 4.79 Å². The zero-order chi connectivity index (χ0) is 34.0. The maximum Gasteiger partial charge on any atom is 0.410 e. The fourth-order valence-corrected chi connectivity index (χ4v) is 8.28. The third kappa shape index (κ3) is 7.95. The smallest absolute Gasteiger partial charge is 0.410 e. The molecule has 0 spiro atoms. The zero-order valence-corrected chi connectivity index (χ0v) is 29.7. The first-order chi connectivity index (χ1) is 23.0. The van der Waals surface area contributed by atoms with Gasteiger partial charge < -0.3 is 40.5 Å².